The first kappa shape index (κ1) is 33.1. The van der Waals surface area contributed by atoms with E-state index in [0.717, 1.165) is 88.7 Å². The molecule has 0 spiro atoms. The van der Waals surface area contributed by atoms with Gasteiger partial charge in [-0.1, -0.05) is 97.1 Å². The second kappa shape index (κ2) is 14.3. The predicted octanol–water partition coefficient (Wildman–Crippen LogP) is 9.92. The van der Waals surface area contributed by atoms with E-state index in [1.165, 1.54) is 0 Å². The second-order valence-corrected chi connectivity index (χ2v) is 13.1. The first-order valence-corrected chi connectivity index (χ1v) is 17.7. The minimum atomic E-state index is 0.479. The van der Waals surface area contributed by atoms with Gasteiger partial charge in [0.1, 0.15) is 0 Å². The molecule has 8 aromatic rings. The summed E-state index contributed by atoms with van der Waals surface area (Å²) < 4.78 is 0. The Morgan fingerprint density at radius 2 is 0.577 bits per heavy atom. The number of hydrogen-bond acceptors (Lipinski definition) is 6. The standard InChI is InChI=1S/C46H42N6/c47-27-31-9-17-37(18-10-31)51(38-19-11-32(28-48)12-20-38)45-41-7-3-1-5-35(41)25-43-44(45)26-36-6-2-4-8-42(36)46(43)52(39-21-13-33(29-49)14-22-39)40-23-15-34(30-50)16-24-40/h1-26H,27-30,47-50H2. The van der Waals surface area contributed by atoms with Crippen LogP contribution in [0.3, 0.4) is 0 Å². The smallest absolute Gasteiger partial charge is 0.0619 e. The van der Waals surface area contributed by atoms with Gasteiger partial charge in [0, 0.05) is 70.5 Å². The molecule has 6 heteroatoms. The molecule has 0 aromatic heterocycles. The molecule has 0 saturated heterocycles. The minimum Gasteiger partial charge on any atom is -0.326 e. The maximum atomic E-state index is 6.06. The highest BCUT2D eigenvalue weighted by atomic mass is 15.2. The largest absolute Gasteiger partial charge is 0.326 e. The lowest BCUT2D eigenvalue weighted by Gasteiger charge is -2.32. The van der Waals surface area contributed by atoms with E-state index < -0.39 is 0 Å². The summed E-state index contributed by atoms with van der Waals surface area (Å²) >= 11 is 0. The normalized spacial score (nSPS) is 11.4. The van der Waals surface area contributed by atoms with E-state index in [-0.39, 0.29) is 0 Å². The molecule has 8 N–H and O–H groups in total. The number of hydrogen-bond donors (Lipinski definition) is 4. The van der Waals surface area contributed by atoms with Gasteiger partial charge < -0.3 is 32.7 Å². The topological polar surface area (TPSA) is 111 Å². The van der Waals surface area contributed by atoms with E-state index in [0.29, 0.717) is 26.2 Å². The van der Waals surface area contributed by atoms with Crippen molar-refractivity contribution in [3.8, 4) is 0 Å². The highest BCUT2D eigenvalue weighted by molar-refractivity contribution is 6.23. The molecule has 0 radical (unpaired) electrons. The van der Waals surface area contributed by atoms with Crippen LogP contribution in [0.25, 0.3) is 32.3 Å². The van der Waals surface area contributed by atoms with Crippen molar-refractivity contribution < 1.29 is 0 Å². The molecule has 0 atom stereocenters. The van der Waals surface area contributed by atoms with Gasteiger partial charge in [0.05, 0.1) is 11.4 Å². The van der Waals surface area contributed by atoms with Gasteiger partial charge in [-0.25, -0.2) is 0 Å². The quantitative estimate of drug-likeness (QED) is 0.107. The molecule has 0 saturated carbocycles. The number of rotatable bonds is 10. The van der Waals surface area contributed by atoms with Gasteiger partial charge in [-0.3, -0.25) is 0 Å². The monoisotopic (exact) mass is 678 g/mol. The molecule has 0 aliphatic heterocycles. The Morgan fingerprint density at radius 3 is 0.846 bits per heavy atom. The molecule has 0 heterocycles. The van der Waals surface area contributed by atoms with E-state index in [2.05, 4.69) is 168 Å². The van der Waals surface area contributed by atoms with Crippen LogP contribution in [0, 0.1) is 0 Å². The zero-order chi connectivity index (χ0) is 35.6. The average Bonchev–Trinajstić information content (AvgIpc) is 3.21. The van der Waals surface area contributed by atoms with E-state index in [9.17, 15) is 0 Å². The molecule has 256 valence electrons. The van der Waals surface area contributed by atoms with Crippen molar-refractivity contribution in [1.82, 2.24) is 0 Å². The molecule has 0 fully saturated rings. The summed E-state index contributed by atoms with van der Waals surface area (Å²) in [5.41, 5.74) is 34.9. The minimum absolute atomic E-state index is 0.479. The van der Waals surface area contributed by atoms with Gasteiger partial charge in [-0.15, -0.1) is 0 Å². The number of nitrogens with two attached hydrogens (primary N) is 4. The molecule has 8 rings (SSSR count). The number of anilines is 6. The Morgan fingerprint density at radius 1 is 0.308 bits per heavy atom. The summed E-state index contributed by atoms with van der Waals surface area (Å²) in [7, 11) is 0. The lowest BCUT2D eigenvalue weighted by Crippen LogP contribution is -2.14. The van der Waals surface area contributed by atoms with E-state index in [1.54, 1.807) is 0 Å². The first-order chi connectivity index (χ1) is 25.6. The predicted molar refractivity (Wildman–Crippen MR) is 220 cm³/mol. The highest BCUT2D eigenvalue weighted by Crippen LogP contribution is 2.50. The van der Waals surface area contributed by atoms with Crippen molar-refractivity contribution in [2.24, 2.45) is 22.9 Å². The lowest BCUT2D eigenvalue weighted by molar-refractivity contribution is 1.07. The molecule has 6 nitrogen and oxygen atoms in total. The van der Waals surface area contributed by atoms with Crippen LogP contribution in [0.5, 0.6) is 0 Å². The van der Waals surface area contributed by atoms with Crippen molar-refractivity contribution in [3.05, 3.63) is 180 Å². The van der Waals surface area contributed by atoms with Crippen LogP contribution < -0.4 is 32.7 Å². The Labute approximate surface area is 304 Å². The number of benzene rings is 8. The van der Waals surface area contributed by atoms with Crippen LogP contribution in [0.4, 0.5) is 34.1 Å². The molecule has 0 aliphatic carbocycles. The molecule has 0 bridgehead atoms. The molecule has 0 aliphatic rings. The molecule has 8 aromatic carbocycles. The molecule has 52 heavy (non-hydrogen) atoms. The van der Waals surface area contributed by atoms with Crippen molar-refractivity contribution in [3.63, 3.8) is 0 Å². The maximum absolute atomic E-state index is 6.06. The first-order valence-electron chi connectivity index (χ1n) is 17.7. The van der Waals surface area contributed by atoms with Crippen LogP contribution in [-0.4, -0.2) is 0 Å². The third-order valence-corrected chi connectivity index (χ3v) is 10.0. The fraction of sp³-hybridized carbons (Fsp3) is 0.0870. The van der Waals surface area contributed by atoms with Gasteiger partial charge in [0.15, 0.2) is 0 Å². The van der Waals surface area contributed by atoms with Crippen molar-refractivity contribution >= 4 is 66.4 Å². The van der Waals surface area contributed by atoms with Crippen molar-refractivity contribution in [1.29, 1.82) is 0 Å². The van der Waals surface area contributed by atoms with E-state index >= 15 is 0 Å². The van der Waals surface area contributed by atoms with Gasteiger partial charge in [0.25, 0.3) is 0 Å². The summed E-state index contributed by atoms with van der Waals surface area (Å²) in [6.45, 7) is 1.91. The van der Waals surface area contributed by atoms with Gasteiger partial charge in [-0.05, 0) is 93.7 Å². The van der Waals surface area contributed by atoms with Crippen LogP contribution in [0.15, 0.2) is 158 Å². The summed E-state index contributed by atoms with van der Waals surface area (Å²) in [4.78, 5) is 4.75. The zero-order valence-corrected chi connectivity index (χ0v) is 29.0. The number of fused-ring (bicyclic) bond motifs is 3. The molecule has 0 amide bonds. The van der Waals surface area contributed by atoms with Crippen LogP contribution in [0.2, 0.25) is 0 Å². The highest BCUT2D eigenvalue weighted by Gasteiger charge is 2.25. The average molecular weight is 679 g/mol. The molecule has 0 unspecified atom stereocenters. The van der Waals surface area contributed by atoms with Gasteiger partial charge >= 0.3 is 0 Å². The van der Waals surface area contributed by atoms with E-state index in [4.69, 9.17) is 22.9 Å². The molecular weight excluding hydrogens is 637 g/mol. The fourth-order valence-corrected chi connectivity index (χ4v) is 7.25. The van der Waals surface area contributed by atoms with Crippen LogP contribution >= 0.6 is 0 Å². The zero-order valence-electron chi connectivity index (χ0n) is 29.0. The lowest BCUT2D eigenvalue weighted by atomic mass is 9.93. The second-order valence-electron chi connectivity index (χ2n) is 13.1. The van der Waals surface area contributed by atoms with Crippen LogP contribution in [0.1, 0.15) is 22.3 Å². The third kappa shape index (κ3) is 6.04. The van der Waals surface area contributed by atoms with Gasteiger partial charge in [0.2, 0.25) is 0 Å². The Balaban J connectivity index is 1.51. The van der Waals surface area contributed by atoms with Crippen molar-refractivity contribution in [2.75, 3.05) is 9.80 Å². The Bertz CT molecular complexity index is 2220. The molecular formula is C46H42N6. The van der Waals surface area contributed by atoms with E-state index in [1.807, 2.05) is 0 Å². The maximum Gasteiger partial charge on any atom is 0.0619 e. The Kier molecular flexibility index (Phi) is 9.12. The third-order valence-electron chi connectivity index (χ3n) is 10.0. The summed E-state index contributed by atoms with van der Waals surface area (Å²) in [5, 5.41) is 6.82. The number of nitrogens with zero attached hydrogens (tertiary/aromatic N) is 2. The summed E-state index contributed by atoms with van der Waals surface area (Å²) in [5.74, 6) is 0. The fourth-order valence-electron chi connectivity index (χ4n) is 7.25. The summed E-state index contributed by atoms with van der Waals surface area (Å²) in [6, 6.07) is 56.3. The van der Waals surface area contributed by atoms with Crippen LogP contribution in [-0.2, 0) is 26.2 Å². The van der Waals surface area contributed by atoms with Gasteiger partial charge in [-0.2, -0.15) is 0 Å². The Hall–Kier alpha value is -6.02. The SMILES string of the molecule is NCc1ccc(N(c2ccc(CN)cc2)c2c3ccccc3cc3c(N(c4ccc(CN)cc4)c4ccc(CN)cc4)c4ccccc4cc23)cc1. The van der Waals surface area contributed by atoms with Crippen molar-refractivity contribution in [2.45, 2.75) is 26.2 Å². The summed E-state index contributed by atoms with van der Waals surface area (Å²) in [6.07, 6.45) is 0.